The highest BCUT2D eigenvalue weighted by Gasteiger charge is 2.20. The van der Waals surface area contributed by atoms with Gasteiger partial charge in [0.25, 0.3) is 0 Å². The number of para-hydroxylation sites is 1. The second kappa shape index (κ2) is 6.44. The molecule has 2 aromatic rings. The summed E-state index contributed by atoms with van der Waals surface area (Å²) in [6.45, 7) is -0.442. The van der Waals surface area contributed by atoms with Gasteiger partial charge in [-0.25, -0.2) is 9.18 Å². The van der Waals surface area contributed by atoms with Gasteiger partial charge in [0, 0.05) is 5.56 Å². The fraction of sp³-hybridized carbons (Fsp3) is 0.111. The number of hydrogen-bond acceptors (Lipinski definition) is 4. The topological polar surface area (TPSA) is 52.6 Å². The van der Waals surface area contributed by atoms with Crippen LogP contribution in [-0.2, 0) is 9.53 Å². The Bertz CT molecular complexity index is 795. The number of carbonyl (C=O) groups excluding carboxylic acids is 2. The fourth-order valence-corrected chi connectivity index (χ4v) is 2.22. The van der Waals surface area contributed by atoms with Crippen molar-refractivity contribution in [2.75, 3.05) is 13.2 Å². The number of Topliss-reactive ketones (excluding diaryl/α,β-unsaturated/α-hetero) is 1. The third-order valence-electron chi connectivity index (χ3n) is 3.40. The molecular formula is C18H13FO4. The van der Waals surface area contributed by atoms with Crippen LogP contribution in [0.25, 0.3) is 6.08 Å². The van der Waals surface area contributed by atoms with Gasteiger partial charge in [-0.3, -0.25) is 4.79 Å². The third-order valence-corrected chi connectivity index (χ3v) is 3.40. The largest absolute Gasteiger partial charge is 0.488 e. The van der Waals surface area contributed by atoms with E-state index in [1.165, 1.54) is 18.2 Å². The van der Waals surface area contributed by atoms with Crippen LogP contribution in [0.4, 0.5) is 4.39 Å². The molecule has 2 aromatic carbocycles. The van der Waals surface area contributed by atoms with Crippen molar-refractivity contribution in [2.45, 2.75) is 0 Å². The lowest BCUT2D eigenvalue weighted by atomic mass is 10.1. The van der Waals surface area contributed by atoms with Crippen LogP contribution in [0.1, 0.15) is 15.9 Å². The van der Waals surface area contributed by atoms with Crippen LogP contribution in [0.15, 0.2) is 54.1 Å². The van der Waals surface area contributed by atoms with Crippen molar-refractivity contribution in [3.63, 3.8) is 0 Å². The van der Waals surface area contributed by atoms with E-state index in [4.69, 9.17) is 9.47 Å². The molecule has 0 radical (unpaired) electrons. The minimum atomic E-state index is -0.649. The lowest BCUT2D eigenvalue weighted by Crippen LogP contribution is -2.20. The van der Waals surface area contributed by atoms with E-state index in [-0.39, 0.29) is 12.2 Å². The van der Waals surface area contributed by atoms with Crippen molar-refractivity contribution in [1.82, 2.24) is 0 Å². The maximum Gasteiger partial charge on any atom is 0.337 e. The number of esters is 1. The zero-order valence-electron chi connectivity index (χ0n) is 12.1. The highest BCUT2D eigenvalue weighted by Crippen LogP contribution is 2.26. The van der Waals surface area contributed by atoms with Crippen molar-refractivity contribution in [3.05, 3.63) is 71.0 Å². The van der Waals surface area contributed by atoms with Gasteiger partial charge in [-0.15, -0.1) is 0 Å². The summed E-state index contributed by atoms with van der Waals surface area (Å²) in [6.07, 6.45) is 1.66. The van der Waals surface area contributed by atoms with Crippen molar-refractivity contribution in [3.8, 4) is 5.75 Å². The zero-order valence-corrected chi connectivity index (χ0v) is 12.1. The number of hydrogen-bond donors (Lipinski definition) is 0. The predicted octanol–water partition coefficient (Wildman–Crippen LogP) is 3.03. The van der Waals surface area contributed by atoms with Crippen LogP contribution in [0.2, 0.25) is 0 Å². The summed E-state index contributed by atoms with van der Waals surface area (Å²) in [5, 5.41) is 0. The molecule has 0 amide bonds. The first-order chi connectivity index (χ1) is 11.1. The van der Waals surface area contributed by atoms with E-state index in [1.807, 2.05) is 18.2 Å². The van der Waals surface area contributed by atoms with Gasteiger partial charge in [0.15, 0.2) is 6.61 Å². The molecule has 0 aliphatic carbocycles. The minimum absolute atomic E-state index is 0.0732. The highest BCUT2D eigenvalue weighted by atomic mass is 19.1. The van der Waals surface area contributed by atoms with Crippen molar-refractivity contribution >= 4 is 17.8 Å². The molecule has 1 heterocycles. The molecule has 1 aliphatic heterocycles. The van der Waals surface area contributed by atoms with E-state index in [0.29, 0.717) is 11.3 Å². The van der Waals surface area contributed by atoms with E-state index in [1.54, 1.807) is 18.2 Å². The smallest absolute Gasteiger partial charge is 0.337 e. The summed E-state index contributed by atoms with van der Waals surface area (Å²) in [5.41, 5.74) is 0.982. The molecule has 0 spiro atoms. The number of ether oxygens (including phenoxy) is 2. The van der Waals surface area contributed by atoms with E-state index in [0.717, 1.165) is 5.56 Å². The van der Waals surface area contributed by atoms with E-state index in [2.05, 4.69) is 0 Å². The molecule has 0 N–H and O–H groups in total. The predicted molar refractivity (Wildman–Crippen MR) is 81.6 cm³/mol. The van der Waals surface area contributed by atoms with Crippen LogP contribution >= 0.6 is 0 Å². The number of carbonyl (C=O) groups is 2. The van der Waals surface area contributed by atoms with Crippen molar-refractivity contribution < 1.29 is 23.5 Å². The van der Waals surface area contributed by atoms with Gasteiger partial charge in [0.1, 0.15) is 18.2 Å². The Kier molecular flexibility index (Phi) is 4.19. The molecule has 0 bridgehead atoms. The molecule has 116 valence electrons. The Hall–Kier alpha value is -2.95. The highest BCUT2D eigenvalue weighted by molar-refractivity contribution is 6.00. The lowest BCUT2D eigenvalue weighted by molar-refractivity contribution is -0.138. The maximum atomic E-state index is 13.5. The molecule has 1 aliphatic rings. The van der Waals surface area contributed by atoms with Crippen LogP contribution in [0.5, 0.6) is 5.75 Å². The molecule has 0 aromatic heterocycles. The lowest BCUT2D eigenvalue weighted by Gasteiger charge is -2.16. The average Bonchev–Trinajstić information content (AvgIpc) is 2.59. The van der Waals surface area contributed by atoms with Crippen LogP contribution in [-0.4, -0.2) is 25.0 Å². The summed E-state index contributed by atoms with van der Waals surface area (Å²) in [5.74, 6) is -1.19. The molecule has 3 rings (SSSR count). The van der Waals surface area contributed by atoms with Crippen LogP contribution in [0.3, 0.4) is 0 Å². The summed E-state index contributed by atoms with van der Waals surface area (Å²) >= 11 is 0. The molecule has 0 atom stereocenters. The maximum absolute atomic E-state index is 13.5. The number of fused-ring (bicyclic) bond motifs is 1. The standard InChI is InChI=1S/C18H13FO4/c19-15-7-3-2-6-14(15)16(20)11-23-18(21)13-9-12-5-1-4-8-17(12)22-10-13/h1-9H,10-11H2. The van der Waals surface area contributed by atoms with Crippen LogP contribution in [0, 0.1) is 5.82 Å². The molecule has 0 saturated heterocycles. The molecule has 0 saturated carbocycles. The SMILES string of the molecule is O=C(OCC(=O)c1ccccc1F)C1=Cc2ccccc2OC1. The normalized spacial score (nSPS) is 12.7. The van der Waals surface area contributed by atoms with Gasteiger partial charge in [0.05, 0.1) is 11.1 Å². The Balaban J connectivity index is 1.66. The third kappa shape index (κ3) is 3.29. The first-order valence-corrected chi connectivity index (χ1v) is 7.02. The molecule has 0 fully saturated rings. The zero-order chi connectivity index (χ0) is 16.2. The molecular weight excluding hydrogens is 299 g/mol. The summed E-state index contributed by atoms with van der Waals surface area (Å²) in [6, 6.07) is 12.8. The summed E-state index contributed by atoms with van der Waals surface area (Å²) in [4.78, 5) is 23.9. The first kappa shape index (κ1) is 15.0. The van der Waals surface area contributed by atoms with E-state index < -0.39 is 24.2 Å². The van der Waals surface area contributed by atoms with Gasteiger partial charge in [-0.1, -0.05) is 30.3 Å². The number of benzene rings is 2. The number of rotatable bonds is 4. The molecule has 0 unspecified atom stereocenters. The van der Waals surface area contributed by atoms with Crippen molar-refractivity contribution in [2.24, 2.45) is 0 Å². The van der Waals surface area contributed by atoms with Crippen molar-refractivity contribution in [1.29, 1.82) is 0 Å². The second-order valence-electron chi connectivity index (χ2n) is 4.98. The summed E-state index contributed by atoms with van der Waals surface area (Å²) < 4.78 is 23.9. The second-order valence-corrected chi connectivity index (χ2v) is 4.98. The van der Waals surface area contributed by atoms with E-state index >= 15 is 0 Å². The van der Waals surface area contributed by atoms with Gasteiger partial charge >= 0.3 is 5.97 Å². The van der Waals surface area contributed by atoms with Gasteiger partial charge in [-0.05, 0) is 24.3 Å². The van der Waals surface area contributed by atoms with Gasteiger partial charge in [0.2, 0.25) is 5.78 Å². The van der Waals surface area contributed by atoms with E-state index in [9.17, 15) is 14.0 Å². The first-order valence-electron chi connectivity index (χ1n) is 7.02. The monoisotopic (exact) mass is 312 g/mol. The Morgan fingerprint density at radius 2 is 1.83 bits per heavy atom. The molecule has 5 heteroatoms. The van der Waals surface area contributed by atoms with Gasteiger partial charge < -0.3 is 9.47 Å². The number of halogens is 1. The van der Waals surface area contributed by atoms with Gasteiger partial charge in [-0.2, -0.15) is 0 Å². The molecule has 23 heavy (non-hydrogen) atoms. The average molecular weight is 312 g/mol. The minimum Gasteiger partial charge on any atom is -0.488 e. The number of ketones is 1. The Morgan fingerprint density at radius 1 is 1.09 bits per heavy atom. The molecule has 4 nitrogen and oxygen atoms in total. The Labute approximate surface area is 132 Å². The Morgan fingerprint density at radius 3 is 2.65 bits per heavy atom. The fourth-order valence-electron chi connectivity index (χ4n) is 2.22. The van der Waals surface area contributed by atoms with Crippen LogP contribution < -0.4 is 4.74 Å². The quantitative estimate of drug-likeness (QED) is 0.643. The summed E-state index contributed by atoms with van der Waals surface area (Å²) in [7, 11) is 0.